The van der Waals surface area contributed by atoms with Crippen molar-refractivity contribution < 1.29 is 13.2 Å². The maximum absolute atomic E-state index is 13.1. The van der Waals surface area contributed by atoms with Crippen LogP contribution in [0.2, 0.25) is 0 Å². The quantitative estimate of drug-likeness (QED) is 0.679. The predicted octanol–water partition coefficient (Wildman–Crippen LogP) is 3.18. The number of aryl methyl sites for hydroxylation is 2. The van der Waals surface area contributed by atoms with E-state index in [2.05, 4.69) is 10.2 Å². The monoisotopic (exact) mass is 479 g/mol. The summed E-state index contributed by atoms with van der Waals surface area (Å²) in [5.41, 5.74) is 2.19. The van der Waals surface area contributed by atoms with Crippen LogP contribution in [0.4, 0.5) is 0 Å². The smallest absolute Gasteiger partial charge is 0.243 e. The lowest BCUT2D eigenvalue weighted by atomic mass is 9.93. The number of benzene rings is 1. The molecule has 3 aliphatic rings. The van der Waals surface area contributed by atoms with Crippen LogP contribution < -0.4 is 5.32 Å². The fraction of sp³-hybridized carbons (Fsp3) is 0.708. The molecule has 6 nitrogen and oxygen atoms in total. The highest BCUT2D eigenvalue weighted by Gasteiger charge is 2.41. The molecule has 4 rings (SSSR count). The second-order valence-corrected chi connectivity index (χ2v) is 12.8. The average molecular weight is 480 g/mol. The Bertz CT molecular complexity index is 914. The van der Waals surface area contributed by atoms with E-state index in [4.69, 9.17) is 0 Å². The minimum absolute atomic E-state index is 0.100. The minimum Gasteiger partial charge on any atom is -0.354 e. The lowest BCUT2D eigenvalue weighted by Gasteiger charge is -2.44. The first-order chi connectivity index (χ1) is 15.3. The topological polar surface area (TPSA) is 69.7 Å². The van der Waals surface area contributed by atoms with Crippen LogP contribution in [0.1, 0.15) is 49.7 Å². The molecule has 1 amide bonds. The first-order valence-corrected chi connectivity index (χ1v) is 14.6. The highest BCUT2D eigenvalue weighted by molar-refractivity contribution is 7.99. The molecule has 1 saturated carbocycles. The predicted molar refractivity (Wildman–Crippen MR) is 131 cm³/mol. The first kappa shape index (κ1) is 24.0. The summed E-state index contributed by atoms with van der Waals surface area (Å²) in [4.78, 5) is 16.0. The number of rotatable bonds is 6. The van der Waals surface area contributed by atoms with Gasteiger partial charge in [0.2, 0.25) is 15.9 Å². The Labute approximate surface area is 197 Å². The van der Waals surface area contributed by atoms with Gasteiger partial charge in [0.05, 0.1) is 4.90 Å². The lowest BCUT2D eigenvalue weighted by Crippen LogP contribution is -2.57. The number of piperidine rings is 1. The summed E-state index contributed by atoms with van der Waals surface area (Å²) < 4.78 is 27.7. The number of nitrogens with zero attached hydrogens (tertiary/aromatic N) is 2. The molecule has 2 heterocycles. The average Bonchev–Trinajstić information content (AvgIpc) is 3.30. The Balaban J connectivity index is 1.32. The number of hydrogen-bond donors (Lipinski definition) is 1. The first-order valence-electron chi connectivity index (χ1n) is 12.0. The van der Waals surface area contributed by atoms with Crippen LogP contribution in [-0.4, -0.2) is 73.3 Å². The summed E-state index contributed by atoms with van der Waals surface area (Å²) >= 11 is 2.02. The number of amides is 1. The second-order valence-electron chi connectivity index (χ2n) is 9.67. The van der Waals surface area contributed by atoms with E-state index in [-0.39, 0.29) is 17.4 Å². The molecule has 32 heavy (non-hydrogen) atoms. The van der Waals surface area contributed by atoms with Gasteiger partial charge in [-0.1, -0.05) is 18.9 Å². The van der Waals surface area contributed by atoms with E-state index >= 15 is 0 Å². The van der Waals surface area contributed by atoms with Gasteiger partial charge >= 0.3 is 0 Å². The molecule has 1 aliphatic carbocycles. The van der Waals surface area contributed by atoms with Crippen LogP contribution in [0.25, 0.3) is 0 Å². The Kier molecular flexibility index (Phi) is 7.54. The Morgan fingerprint density at radius 3 is 2.34 bits per heavy atom. The van der Waals surface area contributed by atoms with Crippen molar-refractivity contribution >= 4 is 27.7 Å². The van der Waals surface area contributed by atoms with Crippen LogP contribution in [-0.2, 0) is 14.8 Å². The summed E-state index contributed by atoms with van der Waals surface area (Å²) in [5, 5.41) is 3.28. The van der Waals surface area contributed by atoms with E-state index in [0.717, 1.165) is 30.8 Å². The number of thioether (sulfide) groups is 1. The van der Waals surface area contributed by atoms with Gasteiger partial charge in [-0.2, -0.15) is 16.1 Å². The van der Waals surface area contributed by atoms with Crippen molar-refractivity contribution in [1.82, 2.24) is 14.5 Å². The molecule has 0 spiro atoms. The molecule has 0 aromatic heterocycles. The van der Waals surface area contributed by atoms with Crippen molar-refractivity contribution in [3.63, 3.8) is 0 Å². The molecule has 2 aliphatic heterocycles. The standard InChI is InChI=1S/C24H37N3O3S2/c1-19-5-6-22(17-20(19)2)32(29,30)27-11-7-21(8-12-27)23(28)25-18-24(9-3-4-10-24)26-13-15-31-16-14-26/h5-6,17,21H,3-4,7-16,18H2,1-2H3,(H,25,28). The van der Waals surface area contributed by atoms with Gasteiger partial charge < -0.3 is 5.32 Å². The summed E-state index contributed by atoms with van der Waals surface area (Å²) in [6.07, 6.45) is 6.00. The summed E-state index contributed by atoms with van der Waals surface area (Å²) in [6.45, 7) is 7.70. The van der Waals surface area contributed by atoms with Gasteiger partial charge in [0.25, 0.3) is 0 Å². The normalized spacial score (nSPS) is 23.3. The van der Waals surface area contributed by atoms with Crippen LogP contribution in [0.15, 0.2) is 23.1 Å². The van der Waals surface area contributed by atoms with Gasteiger partial charge in [-0.05, 0) is 62.8 Å². The Morgan fingerprint density at radius 1 is 1.06 bits per heavy atom. The highest BCUT2D eigenvalue weighted by Crippen LogP contribution is 2.36. The third-order valence-corrected chi connectivity index (χ3v) is 10.6. The number of sulfonamides is 1. The van der Waals surface area contributed by atoms with Crippen LogP contribution in [0, 0.1) is 19.8 Å². The molecule has 0 radical (unpaired) electrons. The van der Waals surface area contributed by atoms with E-state index in [1.54, 1.807) is 16.4 Å². The molecular formula is C24H37N3O3S2. The molecule has 1 N–H and O–H groups in total. The highest BCUT2D eigenvalue weighted by atomic mass is 32.2. The van der Waals surface area contributed by atoms with E-state index in [9.17, 15) is 13.2 Å². The van der Waals surface area contributed by atoms with Crippen molar-refractivity contribution in [1.29, 1.82) is 0 Å². The zero-order valence-electron chi connectivity index (χ0n) is 19.4. The largest absolute Gasteiger partial charge is 0.354 e. The molecule has 0 unspecified atom stereocenters. The van der Waals surface area contributed by atoms with Gasteiger partial charge in [0.15, 0.2) is 0 Å². The third-order valence-electron chi connectivity index (χ3n) is 7.75. The maximum Gasteiger partial charge on any atom is 0.243 e. The van der Waals surface area contributed by atoms with Gasteiger partial charge in [-0.3, -0.25) is 9.69 Å². The van der Waals surface area contributed by atoms with E-state index in [1.165, 1.54) is 37.2 Å². The molecular weight excluding hydrogens is 442 g/mol. The van der Waals surface area contributed by atoms with Crippen molar-refractivity contribution in [3.05, 3.63) is 29.3 Å². The molecule has 2 saturated heterocycles. The molecule has 1 aromatic carbocycles. The Hall–Kier alpha value is -1.09. The van der Waals surface area contributed by atoms with Gasteiger partial charge in [0.1, 0.15) is 0 Å². The summed E-state index contributed by atoms with van der Waals surface area (Å²) in [5.74, 6) is 2.37. The molecule has 1 aromatic rings. The van der Waals surface area contributed by atoms with Crippen molar-refractivity contribution in [2.24, 2.45) is 5.92 Å². The summed E-state index contributed by atoms with van der Waals surface area (Å²) in [6, 6.07) is 5.31. The van der Waals surface area contributed by atoms with Gasteiger partial charge in [-0.15, -0.1) is 0 Å². The number of carbonyl (C=O) groups excluding carboxylic acids is 1. The maximum atomic E-state index is 13.1. The number of hydrogen-bond acceptors (Lipinski definition) is 5. The van der Waals surface area contributed by atoms with Crippen LogP contribution in [0.5, 0.6) is 0 Å². The minimum atomic E-state index is -3.51. The second kappa shape index (κ2) is 10.0. The zero-order chi connectivity index (χ0) is 22.8. The zero-order valence-corrected chi connectivity index (χ0v) is 21.1. The molecule has 0 bridgehead atoms. The SMILES string of the molecule is Cc1ccc(S(=O)(=O)N2CCC(C(=O)NCC3(N4CCSCC4)CCCC3)CC2)cc1C. The van der Waals surface area contributed by atoms with Crippen LogP contribution >= 0.6 is 11.8 Å². The number of carbonyl (C=O) groups is 1. The van der Waals surface area contributed by atoms with Gasteiger partial charge in [0, 0.05) is 55.7 Å². The Morgan fingerprint density at radius 2 is 1.72 bits per heavy atom. The fourth-order valence-corrected chi connectivity index (χ4v) is 7.91. The third kappa shape index (κ3) is 5.03. The molecule has 178 valence electrons. The van der Waals surface area contributed by atoms with Gasteiger partial charge in [-0.25, -0.2) is 8.42 Å². The number of nitrogens with one attached hydrogen (secondary N) is 1. The van der Waals surface area contributed by atoms with Crippen molar-refractivity contribution in [2.45, 2.75) is 62.8 Å². The molecule has 3 fully saturated rings. The van der Waals surface area contributed by atoms with Crippen molar-refractivity contribution in [3.8, 4) is 0 Å². The van der Waals surface area contributed by atoms with Crippen LogP contribution in [0.3, 0.4) is 0 Å². The summed E-state index contributed by atoms with van der Waals surface area (Å²) in [7, 11) is -3.51. The van der Waals surface area contributed by atoms with Crippen molar-refractivity contribution in [2.75, 3.05) is 44.2 Å². The fourth-order valence-electron chi connectivity index (χ4n) is 5.45. The lowest BCUT2D eigenvalue weighted by molar-refractivity contribution is -0.126. The van der Waals surface area contributed by atoms with E-state index in [0.29, 0.717) is 30.8 Å². The van der Waals surface area contributed by atoms with E-state index < -0.39 is 10.0 Å². The molecule has 0 atom stereocenters. The molecule has 8 heteroatoms. The van der Waals surface area contributed by atoms with E-state index in [1.807, 2.05) is 31.7 Å².